The van der Waals surface area contributed by atoms with Crippen molar-refractivity contribution in [3.05, 3.63) is 95.7 Å². The van der Waals surface area contributed by atoms with Crippen molar-refractivity contribution in [2.45, 2.75) is 26.4 Å². The number of aromatic nitrogens is 3. The van der Waals surface area contributed by atoms with Crippen molar-refractivity contribution in [2.75, 3.05) is 17.2 Å². The van der Waals surface area contributed by atoms with Crippen LogP contribution in [-0.2, 0) is 6.61 Å². The van der Waals surface area contributed by atoms with E-state index >= 15 is 0 Å². The van der Waals surface area contributed by atoms with Crippen molar-refractivity contribution in [3.8, 4) is 5.75 Å². The van der Waals surface area contributed by atoms with Gasteiger partial charge in [0.05, 0.1) is 23.8 Å². The number of hydrogen-bond acceptors (Lipinski definition) is 6. The maximum absolute atomic E-state index is 12.8. The monoisotopic (exact) mass is 470 g/mol. The molecule has 0 radical (unpaired) electrons. The van der Waals surface area contributed by atoms with Crippen LogP contribution in [0.5, 0.6) is 5.75 Å². The molecule has 4 rings (SSSR count). The van der Waals surface area contributed by atoms with E-state index in [1.807, 2.05) is 25.1 Å². The van der Waals surface area contributed by atoms with Gasteiger partial charge in [-0.05, 0) is 49.6 Å². The summed E-state index contributed by atoms with van der Waals surface area (Å²) >= 11 is 0. The number of hydrogen-bond donors (Lipinski definition) is 3. The van der Waals surface area contributed by atoms with Gasteiger partial charge in [0.15, 0.2) is 5.82 Å². The van der Waals surface area contributed by atoms with Crippen LogP contribution >= 0.6 is 0 Å². The van der Waals surface area contributed by atoms with E-state index in [1.54, 1.807) is 36.8 Å². The molecule has 2 aromatic heterocycles. The summed E-state index contributed by atoms with van der Waals surface area (Å²) in [6.45, 7) is 2.47. The lowest BCUT2D eigenvalue weighted by Crippen LogP contribution is -2.26. The van der Waals surface area contributed by atoms with E-state index in [9.17, 15) is 9.59 Å². The number of carbonyl (C=O) groups excluding carboxylic acids is 2. The van der Waals surface area contributed by atoms with Crippen LogP contribution in [0.25, 0.3) is 0 Å². The van der Waals surface area contributed by atoms with E-state index in [0.29, 0.717) is 29.4 Å². The second-order valence-electron chi connectivity index (χ2n) is 7.92. The van der Waals surface area contributed by atoms with E-state index in [1.165, 1.54) is 6.20 Å². The number of amides is 3. The Morgan fingerprint density at radius 3 is 2.71 bits per heavy atom. The Hall–Kier alpha value is -4.53. The molecule has 0 spiro atoms. The first-order valence-corrected chi connectivity index (χ1v) is 11.2. The Bertz CT molecular complexity index is 1240. The van der Waals surface area contributed by atoms with Crippen LogP contribution in [0, 0.1) is 6.92 Å². The lowest BCUT2D eigenvalue weighted by Gasteiger charge is -2.15. The Labute approximate surface area is 203 Å². The molecule has 9 heteroatoms. The highest BCUT2D eigenvalue weighted by molar-refractivity contribution is 6.01. The van der Waals surface area contributed by atoms with Gasteiger partial charge in [-0.2, -0.15) is 0 Å². The van der Waals surface area contributed by atoms with Crippen LogP contribution in [0.15, 0.2) is 78.9 Å². The number of rotatable bonds is 8. The molecule has 178 valence electrons. The molecule has 3 amide bonds. The fraction of sp³-hybridized carbons (Fsp3) is 0.192. The summed E-state index contributed by atoms with van der Waals surface area (Å²) in [5, 5.41) is 8.31. The van der Waals surface area contributed by atoms with Crippen LogP contribution in [0.3, 0.4) is 0 Å². The minimum absolute atomic E-state index is 0.219. The van der Waals surface area contributed by atoms with Gasteiger partial charge in [0, 0.05) is 30.1 Å². The SMILES string of the molecule is Cc1cnc(NC(=O)Nc2ccc(C(=O)NCC3=CCCC=C3)cc2OCc2cccnc2)cn1. The van der Waals surface area contributed by atoms with Crippen molar-refractivity contribution >= 4 is 23.4 Å². The van der Waals surface area contributed by atoms with Gasteiger partial charge < -0.3 is 15.4 Å². The van der Waals surface area contributed by atoms with Crippen LogP contribution in [-0.4, -0.2) is 33.4 Å². The molecule has 0 saturated heterocycles. The minimum Gasteiger partial charge on any atom is -0.487 e. The summed E-state index contributed by atoms with van der Waals surface area (Å²) in [7, 11) is 0. The van der Waals surface area contributed by atoms with Gasteiger partial charge in [-0.25, -0.2) is 9.78 Å². The number of ether oxygens (including phenoxy) is 1. The molecule has 1 aliphatic carbocycles. The molecule has 0 aliphatic heterocycles. The number of allylic oxidation sites excluding steroid dienone is 2. The molecule has 0 fully saturated rings. The second kappa shape index (κ2) is 11.6. The fourth-order valence-electron chi connectivity index (χ4n) is 3.34. The normalized spacial score (nSPS) is 12.4. The zero-order valence-electron chi connectivity index (χ0n) is 19.3. The summed E-state index contributed by atoms with van der Waals surface area (Å²) in [6.07, 6.45) is 14.6. The Morgan fingerprint density at radius 2 is 1.97 bits per heavy atom. The third kappa shape index (κ3) is 6.97. The number of nitrogens with one attached hydrogen (secondary N) is 3. The molecular formula is C26H26N6O3. The van der Waals surface area contributed by atoms with Crippen molar-refractivity contribution in [1.82, 2.24) is 20.3 Å². The van der Waals surface area contributed by atoms with Crippen molar-refractivity contribution < 1.29 is 14.3 Å². The molecule has 3 N–H and O–H groups in total. The van der Waals surface area contributed by atoms with E-state index in [-0.39, 0.29) is 12.5 Å². The maximum atomic E-state index is 12.8. The quantitative estimate of drug-likeness (QED) is 0.449. The Balaban J connectivity index is 1.48. The van der Waals surface area contributed by atoms with Crippen molar-refractivity contribution in [2.24, 2.45) is 0 Å². The highest BCUT2D eigenvalue weighted by atomic mass is 16.5. The van der Waals surface area contributed by atoms with Crippen LogP contribution in [0.1, 0.15) is 34.5 Å². The number of pyridine rings is 1. The highest BCUT2D eigenvalue weighted by Gasteiger charge is 2.14. The zero-order chi connectivity index (χ0) is 24.5. The first-order valence-electron chi connectivity index (χ1n) is 11.2. The Morgan fingerprint density at radius 1 is 1.06 bits per heavy atom. The van der Waals surface area contributed by atoms with Gasteiger partial charge in [0.2, 0.25) is 0 Å². The van der Waals surface area contributed by atoms with Gasteiger partial charge in [-0.3, -0.25) is 20.1 Å². The summed E-state index contributed by atoms with van der Waals surface area (Å²) in [5.41, 5.74) is 3.49. The van der Waals surface area contributed by atoms with Crippen molar-refractivity contribution in [1.29, 1.82) is 0 Å². The molecule has 0 unspecified atom stereocenters. The van der Waals surface area contributed by atoms with Crippen molar-refractivity contribution in [3.63, 3.8) is 0 Å². The molecule has 3 aromatic rings. The molecule has 9 nitrogen and oxygen atoms in total. The summed E-state index contributed by atoms with van der Waals surface area (Å²) in [6, 6.07) is 8.06. The minimum atomic E-state index is -0.511. The largest absolute Gasteiger partial charge is 0.487 e. The third-order valence-corrected chi connectivity index (χ3v) is 5.16. The number of benzene rings is 1. The van der Waals surface area contributed by atoms with E-state index in [4.69, 9.17) is 4.74 Å². The Kier molecular flexibility index (Phi) is 7.80. The summed E-state index contributed by atoms with van der Waals surface area (Å²) in [4.78, 5) is 37.6. The summed E-state index contributed by atoms with van der Waals surface area (Å²) in [5.74, 6) is 0.429. The first-order chi connectivity index (χ1) is 17.1. The molecule has 35 heavy (non-hydrogen) atoms. The van der Waals surface area contributed by atoms with Gasteiger partial charge in [0.1, 0.15) is 12.4 Å². The molecule has 1 aromatic carbocycles. The maximum Gasteiger partial charge on any atom is 0.324 e. The molecule has 1 aliphatic rings. The molecule has 0 saturated carbocycles. The van der Waals surface area contributed by atoms with Crippen LogP contribution in [0.2, 0.25) is 0 Å². The molecular weight excluding hydrogens is 444 g/mol. The fourth-order valence-corrected chi connectivity index (χ4v) is 3.34. The molecule has 0 atom stereocenters. The number of carbonyl (C=O) groups is 2. The number of urea groups is 1. The predicted molar refractivity (Wildman–Crippen MR) is 133 cm³/mol. The van der Waals surface area contributed by atoms with Gasteiger partial charge >= 0.3 is 6.03 Å². The molecule has 0 bridgehead atoms. The van der Waals surface area contributed by atoms with Gasteiger partial charge in [-0.15, -0.1) is 0 Å². The first kappa shape index (κ1) is 23.6. The number of anilines is 2. The molecule has 2 heterocycles. The van der Waals surface area contributed by atoms with Crippen LogP contribution < -0.4 is 20.7 Å². The number of nitrogens with zero attached hydrogens (tertiary/aromatic N) is 3. The average molecular weight is 471 g/mol. The third-order valence-electron chi connectivity index (χ3n) is 5.16. The summed E-state index contributed by atoms with van der Waals surface area (Å²) < 4.78 is 5.96. The predicted octanol–water partition coefficient (Wildman–Crippen LogP) is 4.41. The smallest absolute Gasteiger partial charge is 0.324 e. The number of aryl methyl sites for hydroxylation is 1. The van der Waals surface area contributed by atoms with Gasteiger partial charge in [0.25, 0.3) is 5.91 Å². The topological polar surface area (TPSA) is 118 Å². The highest BCUT2D eigenvalue weighted by Crippen LogP contribution is 2.27. The second-order valence-corrected chi connectivity index (χ2v) is 7.92. The lowest BCUT2D eigenvalue weighted by atomic mass is 10.1. The van der Waals surface area contributed by atoms with E-state index < -0.39 is 6.03 Å². The average Bonchev–Trinajstić information content (AvgIpc) is 2.89. The van der Waals surface area contributed by atoms with Gasteiger partial charge in [-0.1, -0.05) is 24.3 Å². The zero-order valence-corrected chi connectivity index (χ0v) is 19.3. The lowest BCUT2D eigenvalue weighted by molar-refractivity contribution is 0.0956. The standard InChI is InChI=1S/C26H26N6O3/c1-18-13-29-24(16-28-18)32-26(34)31-22-10-9-21(25(33)30-15-19-6-3-2-4-7-19)12-23(22)35-17-20-8-5-11-27-14-20/h3,5-14,16H,2,4,15,17H2,1H3,(H,30,33)(H2,29,31,32,34). The van der Waals surface area contributed by atoms with E-state index in [0.717, 1.165) is 29.7 Å². The van der Waals surface area contributed by atoms with Crippen LogP contribution in [0.4, 0.5) is 16.3 Å². The van der Waals surface area contributed by atoms with E-state index in [2.05, 4.69) is 43.1 Å².